The molecule has 0 aliphatic heterocycles. The Bertz CT molecular complexity index is 1300. The summed E-state index contributed by atoms with van der Waals surface area (Å²) in [6.07, 6.45) is 0. The predicted molar refractivity (Wildman–Crippen MR) is 122 cm³/mol. The molecular formula is C24H20N2O4S. The summed E-state index contributed by atoms with van der Waals surface area (Å²) in [7, 11) is 3.15. The quantitative estimate of drug-likeness (QED) is 0.245. The lowest BCUT2D eigenvalue weighted by Gasteiger charge is -2.13. The van der Waals surface area contributed by atoms with Crippen LogP contribution in [0.3, 0.4) is 0 Å². The minimum absolute atomic E-state index is 0.0763. The van der Waals surface area contributed by atoms with Gasteiger partial charge in [-0.2, -0.15) is 0 Å². The van der Waals surface area contributed by atoms with Crippen LogP contribution in [0.1, 0.15) is 10.4 Å². The summed E-state index contributed by atoms with van der Waals surface area (Å²) >= 11 is 1.23. The van der Waals surface area contributed by atoms with Crippen molar-refractivity contribution in [3.63, 3.8) is 0 Å². The average molecular weight is 433 g/mol. The highest BCUT2D eigenvalue weighted by atomic mass is 32.2. The zero-order valence-electron chi connectivity index (χ0n) is 17.1. The number of Topliss-reactive ketones (excluding diaryl/α,β-unsaturated/α-hetero) is 1. The summed E-state index contributed by atoms with van der Waals surface area (Å²) in [4.78, 5) is 30.7. The largest absolute Gasteiger partial charge is 0.497 e. The molecule has 0 bridgehead atoms. The first-order valence-electron chi connectivity index (χ1n) is 9.57. The first-order valence-corrected chi connectivity index (χ1v) is 10.6. The Hall–Kier alpha value is -3.58. The van der Waals surface area contributed by atoms with Crippen molar-refractivity contribution in [2.24, 2.45) is 0 Å². The Morgan fingerprint density at radius 3 is 2.42 bits per heavy atom. The van der Waals surface area contributed by atoms with Crippen LogP contribution < -0.4 is 15.0 Å². The zero-order valence-corrected chi connectivity index (χ0v) is 17.9. The van der Waals surface area contributed by atoms with Gasteiger partial charge >= 0.3 is 0 Å². The first-order chi connectivity index (χ1) is 15.1. The summed E-state index contributed by atoms with van der Waals surface area (Å²) in [5.74, 6) is 1.36. The van der Waals surface area contributed by atoms with Gasteiger partial charge in [0.2, 0.25) is 0 Å². The van der Waals surface area contributed by atoms with Crippen molar-refractivity contribution in [3.8, 4) is 17.2 Å². The third-order valence-corrected chi connectivity index (χ3v) is 5.74. The van der Waals surface area contributed by atoms with Crippen LogP contribution in [0.5, 0.6) is 11.5 Å². The van der Waals surface area contributed by atoms with Crippen molar-refractivity contribution in [1.29, 1.82) is 0 Å². The highest BCUT2D eigenvalue weighted by Crippen LogP contribution is 2.24. The number of benzene rings is 3. The number of ether oxygens (including phenoxy) is 2. The lowest BCUT2D eigenvalue weighted by atomic mass is 10.1. The molecule has 0 amide bonds. The molecule has 0 aliphatic carbocycles. The van der Waals surface area contributed by atoms with Gasteiger partial charge in [0.25, 0.3) is 5.56 Å². The second-order valence-electron chi connectivity index (χ2n) is 6.69. The van der Waals surface area contributed by atoms with Crippen molar-refractivity contribution in [1.82, 2.24) is 9.55 Å². The van der Waals surface area contributed by atoms with E-state index in [-0.39, 0.29) is 17.1 Å². The Morgan fingerprint density at radius 2 is 1.68 bits per heavy atom. The van der Waals surface area contributed by atoms with Crippen LogP contribution in [0, 0.1) is 0 Å². The van der Waals surface area contributed by atoms with Gasteiger partial charge in [0, 0.05) is 5.56 Å². The van der Waals surface area contributed by atoms with E-state index in [1.54, 1.807) is 74.9 Å². The Labute approximate surface area is 183 Å². The van der Waals surface area contributed by atoms with Gasteiger partial charge in [0.05, 0.1) is 36.6 Å². The number of para-hydroxylation sites is 1. The van der Waals surface area contributed by atoms with Gasteiger partial charge in [-0.25, -0.2) is 4.98 Å². The molecule has 0 spiro atoms. The molecule has 31 heavy (non-hydrogen) atoms. The molecule has 4 rings (SSSR count). The van der Waals surface area contributed by atoms with Crippen LogP contribution in [0.2, 0.25) is 0 Å². The molecule has 0 aliphatic rings. The SMILES string of the molecule is COc1ccc(-n2c(SCC(=O)c3cccc(OC)c3)nc3ccccc3c2=O)cc1. The fourth-order valence-corrected chi connectivity index (χ4v) is 4.09. The Kier molecular flexibility index (Phi) is 6.04. The average Bonchev–Trinajstić information content (AvgIpc) is 2.83. The molecule has 0 atom stereocenters. The molecule has 0 N–H and O–H groups in total. The number of rotatable bonds is 7. The van der Waals surface area contributed by atoms with Gasteiger partial charge in [0.1, 0.15) is 11.5 Å². The molecule has 0 unspecified atom stereocenters. The summed E-state index contributed by atoms with van der Waals surface area (Å²) < 4.78 is 12.0. The molecule has 0 saturated heterocycles. The topological polar surface area (TPSA) is 70.4 Å². The standard InChI is InChI=1S/C24H20N2O4S/c1-29-18-12-10-17(11-13-18)26-23(28)20-8-3-4-9-21(20)25-24(26)31-15-22(27)16-6-5-7-19(14-16)30-2/h3-14H,15H2,1-2H3. The minimum Gasteiger partial charge on any atom is -0.497 e. The van der Waals surface area contributed by atoms with Crippen LogP contribution >= 0.6 is 11.8 Å². The monoisotopic (exact) mass is 432 g/mol. The fraction of sp³-hybridized carbons (Fsp3) is 0.125. The predicted octanol–water partition coefficient (Wildman–Crippen LogP) is 4.38. The van der Waals surface area contributed by atoms with Crippen molar-refractivity contribution in [2.75, 3.05) is 20.0 Å². The van der Waals surface area contributed by atoms with Crippen LogP contribution in [0.15, 0.2) is 82.7 Å². The van der Waals surface area contributed by atoms with Gasteiger partial charge in [-0.05, 0) is 48.5 Å². The first kappa shape index (κ1) is 20.7. The number of thioether (sulfide) groups is 1. The number of carbonyl (C=O) groups excluding carboxylic acids is 1. The van der Waals surface area contributed by atoms with Crippen LogP contribution in [-0.4, -0.2) is 35.3 Å². The summed E-state index contributed by atoms with van der Waals surface area (Å²) in [6.45, 7) is 0. The van der Waals surface area contributed by atoms with Crippen LogP contribution in [-0.2, 0) is 0 Å². The van der Waals surface area contributed by atoms with Gasteiger partial charge in [0.15, 0.2) is 10.9 Å². The molecule has 0 saturated carbocycles. The van der Waals surface area contributed by atoms with Crippen molar-refractivity contribution >= 4 is 28.4 Å². The second kappa shape index (κ2) is 9.06. The van der Waals surface area contributed by atoms with Gasteiger partial charge < -0.3 is 9.47 Å². The van der Waals surface area contributed by atoms with Gasteiger partial charge in [-0.1, -0.05) is 36.0 Å². The smallest absolute Gasteiger partial charge is 0.266 e. The fourth-order valence-electron chi connectivity index (χ4n) is 3.18. The normalized spacial score (nSPS) is 10.8. The maximum Gasteiger partial charge on any atom is 0.266 e. The van der Waals surface area contributed by atoms with Gasteiger partial charge in [-0.3, -0.25) is 14.2 Å². The number of carbonyl (C=O) groups is 1. The number of hydrogen-bond acceptors (Lipinski definition) is 6. The number of hydrogen-bond donors (Lipinski definition) is 0. The van der Waals surface area contributed by atoms with E-state index >= 15 is 0 Å². The number of fused-ring (bicyclic) bond motifs is 1. The van der Waals surface area contributed by atoms with Crippen molar-refractivity contribution in [2.45, 2.75) is 5.16 Å². The maximum absolute atomic E-state index is 13.3. The molecule has 3 aromatic carbocycles. The number of aromatic nitrogens is 2. The van der Waals surface area contributed by atoms with Crippen LogP contribution in [0.25, 0.3) is 16.6 Å². The summed E-state index contributed by atoms with van der Waals surface area (Å²) in [5, 5.41) is 0.965. The molecule has 1 aromatic heterocycles. The highest BCUT2D eigenvalue weighted by molar-refractivity contribution is 7.99. The lowest BCUT2D eigenvalue weighted by molar-refractivity contribution is 0.102. The van der Waals surface area contributed by atoms with E-state index in [2.05, 4.69) is 4.98 Å². The van der Waals surface area contributed by atoms with E-state index in [4.69, 9.17) is 9.47 Å². The summed E-state index contributed by atoms with van der Waals surface area (Å²) in [5.41, 5.74) is 1.60. The minimum atomic E-state index is -0.188. The van der Waals surface area contributed by atoms with E-state index < -0.39 is 0 Å². The van der Waals surface area contributed by atoms with E-state index in [1.165, 1.54) is 16.3 Å². The number of ketones is 1. The van der Waals surface area contributed by atoms with E-state index in [0.717, 1.165) is 0 Å². The zero-order chi connectivity index (χ0) is 21.8. The number of nitrogens with zero attached hydrogens (tertiary/aromatic N) is 2. The van der Waals surface area contributed by atoms with E-state index in [9.17, 15) is 9.59 Å². The lowest BCUT2D eigenvalue weighted by Crippen LogP contribution is -2.22. The molecular weight excluding hydrogens is 412 g/mol. The Balaban J connectivity index is 1.73. The molecule has 156 valence electrons. The summed E-state index contributed by atoms with van der Waals surface area (Å²) in [6, 6.07) is 21.4. The van der Waals surface area contributed by atoms with E-state index in [0.29, 0.717) is 38.8 Å². The van der Waals surface area contributed by atoms with Crippen LogP contribution in [0.4, 0.5) is 0 Å². The third kappa shape index (κ3) is 4.32. The van der Waals surface area contributed by atoms with Gasteiger partial charge in [-0.15, -0.1) is 0 Å². The molecule has 4 aromatic rings. The van der Waals surface area contributed by atoms with Crippen molar-refractivity contribution in [3.05, 3.63) is 88.7 Å². The molecule has 1 heterocycles. The molecule has 0 fully saturated rings. The Morgan fingerprint density at radius 1 is 0.935 bits per heavy atom. The highest BCUT2D eigenvalue weighted by Gasteiger charge is 2.16. The molecule has 0 radical (unpaired) electrons. The van der Waals surface area contributed by atoms with Crippen molar-refractivity contribution < 1.29 is 14.3 Å². The maximum atomic E-state index is 13.3. The molecule has 6 nitrogen and oxygen atoms in total. The second-order valence-corrected chi connectivity index (χ2v) is 7.64. The molecule has 7 heteroatoms. The van der Waals surface area contributed by atoms with E-state index in [1.807, 2.05) is 12.1 Å². The number of methoxy groups -OCH3 is 2. The third-order valence-electron chi connectivity index (χ3n) is 4.80.